The number of benzene rings is 1. The van der Waals surface area contributed by atoms with Crippen molar-refractivity contribution in [2.75, 3.05) is 11.1 Å². The molecule has 0 saturated heterocycles. The van der Waals surface area contributed by atoms with Crippen LogP contribution in [0.5, 0.6) is 0 Å². The van der Waals surface area contributed by atoms with Crippen LogP contribution in [0, 0.1) is 34.6 Å². The minimum Gasteiger partial charge on any atom is -0.360 e. The highest BCUT2D eigenvalue weighted by Crippen LogP contribution is 2.30. The molecule has 0 unspecified atom stereocenters. The monoisotopic (exact) mass is 454 g/mol. The molecule has 0 aliphatic rings. The van der Waals surface area contributed by atoms with Gasteiger partial charge < -0.3 is 9.84 Å². The van der Waals surface area contributed by atoms with Crippen molar-refractivity contribution in [2.24, 2.45) is 0 Å². The second-order valence-corrected chi connectivity index (χ2v) is 9.52. The number of carbonyl (C=O) groups excluding carboxylic acids is 1. The molecule has 1 N–H and O–H groups in total. The van der Waals surface area contributed by atoms with Gasteiger partial charge in [-0.1, -0.05) is 29.1 Å². The van der Waals surface area contributed by atoms with Gasteiger partial charge in [0.25, 0.3) is 5.56 Å². The highest BCUT2D eigenvalue weighted by Gasteiger charge is 2.20. The Hall–Kier alpha value is -2.91. The summed E-state index contributed by atoms with van der Waals surface area (Å²) in [6.45, 7) is 9.69. The average molecular weight is 455 g/mol. The third kappa shape index (κ3) is 4.03. The van der Waals surface area contributed by atoms with Crippen molar-refractivity contribution < 1.29 is 9.32 Å². The van der Waals surface area contributed by atoms with Crippen molar-refractivity contribution in [1.29, 1.82) is 0 Å². The summed E-state index contributed by atoms with van der Waals surface area (Å²) in [5.41, 5.74) is 3.69. The van der Waals surface area contributed by atoms with E-state index in [4.69, 9.17) is 9.51 Å². The van der Waals surface area contributed by atoms with Gasteiger partial charge in [-0.05, 0) is 57.4 Å². The second-order valence-electron chi connectivity index (χ2n) is 7.38. The predicted molar refractivity (Wildman–Crippen MR) is 125 cm³/mol. The number of carbonyl (C=O) groups is 1. The molecule has 31 heavy (non-hydrogen) atoms. The Bertz CT molecular complexity index is 1370. The number of nitrogens with one attached hydrogen (secondary N) is 1. The van der Waals surface area contributed by atoms with Crippen LogP contribution < -0.4 is 10.9 Å². The van der Waals surface area contributed by atoms with Crippen molar-refractivity contribution in [3.05, 3.63) is 61.9 Å². The molecule has 4 rings (SSSR count). The third-order valence-electron chi connectivity index (χ3n) is 5.22. The smallest absolute Gasteiger partial charge is 0.267 e. The van der Waals surface area contributed by atoms with E-state index < -0.39 is 0 Å². The number of hydrogen-bond acceptors (Lipinski definition) is 7. The number of amides is 1. The molecular formula is C22H22N4O3S2. The highest BCUT2D eigenvalue weighted by molar-refractivity contribution is 7.99. The van der Waals surface area contributed by atoms with Crippen molar-refractivity contribution in [1.82, 2.24) is 14.7 Å². The maximum Gasteiger partial charge on any atom is 0.267 e. The largest absolute Gasteiger partial charge is 0.360 e. The summed E-state index contributed by atoms with van der Waals surface area (Å²) >= 11 is 2.72. The Labute approximate surface area is 187 Å². The minimum atomic E-state index is -0.251. The fourth-order valence-electron chi connectivity index (χ4n) is 3.30. The molecule has 1 amide bonds. The molecule has 3 heterocycles. The lowest BCUT2D eigenvalue weighted by Crippen LogP contribution is -2.23. The zero-order chi connectivity index (χ0) is 22.3. The number of nitrogens with zero attached hydrogens (tertiary/aromatic N) is 3. The van der Waals surface area contributed by atoms with Gasteiger partial charge in [0.2, 0.25) is 5.91 Å². The van der Waals surface area contributed by atoms with Crippen LogP contribution >= 0.6 is 23.1 Å². The molecule has 0 aliphatic heterocycles. The summed E-state index contributed by atoms with van der Waals surface area (Å²) in [5.74, 6) is 0.807. The van der Waals surface area contributed by atoms with Crippen LogP contribution in [0.1, 0.15) is 27.3 Å². The van der Waals surface area contributed by atoms with Gasteiger partial charge in [0.05, 0.1) is 16.8 Å². The van der Waals surface area contributed by atoms with Gasteiger partial charge in [-0.25, -0.2) is 4.98 Å². The summed E-state index contributed by atoms with van der Waals surface area (Å²) in [7, 11) is 0. The van der Waals surface area contributed by atoms with E-state index in [0.29, 0.717) is 27.0 Å². The first-order valence-corrected chi connectivity index (χ1v) is 11.5. The first-order valence-electron chi connectivity index (χ1n) is 9.71. The Balaban J connectivity index is 1.77. The Morgan fingerprint density at radius 1 is 1.19 bits per heavy atom. The molecule has 0 spiro atoms. The lowest BCUT2D eigenvalue weighted by Gasteiger charge is -2.15. The number of hydrogen-bond donors (Lipinski definition) is 1. The fraction of sp³-hybridized carbons (Fsp3) is 0.273. The minimum absolute atomic E-state index is 0.0814. The molecule has 0 aliphatic carbocycles. The number of fused-ring (bicyclic) bond motifs is 1. The lowest BCUT2D eigenvalue weighted by atomic mass is 10.1. The number of rotatable bonds is 5. The van der Waals surface area contributed by atoms with Crippen LogP contribution in [0.15, 0.2) is 38.7 Å². The zero-order valence-electron chi connectivity index (χ0n) is 17.9. The van der Waals surface area contributed by atoms with Crippen molar-refractivity contribution >= 4 is 45.0 Å². The number of thioether (sulfide) groups is 1. The summed E-state index contributed by atoms with van der Waals surface area (Å²) in [5, 5.41) is 7.60. The van der Waals surface area contributed by atoms with Gasteiger partial charge in [0.15, 0.2) is 11.0 Å². The van der Waals surface area contributed by atoms with Crippen LogP contribution in [0.4, 0.5) is 5.82 Å². The van der Waals surface area contributed by atoms with E-state index in [1.807, 2.05) is 45.9 Å². The Kier molecular flexibility index (Phi) is 5.72. The van der Waals surface area contributed by atoms with E-state index in [2.05, 4.69) is 10.5 Å². The summed E-state index contributed by atoms with van der Waals surface area (Å²) in [6.07, 6.45) is 0. The highest BCUT2D eigenvalue weighted by atomic mass is 32.2. The van der Waals surface area contributed by atoms with E-state index in [0.717, 1.165) is 27.3 Å². The van der Waals surface area contributed by atoms with Crippen LogP contribution in [-0.4, -0.2) is 26.4 Å². The van der Waals surface area contributed by atoms with Crippen LogP contribution in [0.25, 0.3) is 15.9 Å². The van der Waals surface area contributed by atoms with Crippen molar-refractivity contribution in [3.63, 3.8) is 0 Å². The quantitative estimate of drug-likeness (QED) is 0.347. The van der Waals surface area contributed by atoms with Crippen molar-refractivity contribution in [3.8, 4) is 5.69 Å². The average Bonchev–Trinajstić information content (AvgIpc) is 3.25. The second kappa shape index (κ2) is 8.32. The van der Waals surface area contributed by atoms with Gasteiger partial charge >= 0.3 is 0 Å². The zero-order valence-corrected chi connectivity index (χ0v) is 19.5. The summed E-state index contributed by atoms with van der Waals surface area (Å²) < 4.78 is 6.61. The molecule has 3 aromatic heterocycles. The number of anilines is 1. The Morgan fingerprint density at radius 2 is 1.97 bits per heavy atom. The Morgan fingerprint density at radius 3 is 2.68 bits per heavy atom. The third-order valence-corrected chi connectivity index (χ3v) is 7.26. The molecule has 0 saturated carbocycles. The maximum absolute atomic E-state index is 13.6. The summed E-state index contributed by atoms with van der Waals surface area (Å²) in [4.78, 5) is 32.6. The molecule has 0 bridgehead atoms. The van der Waals surface area contributed by atoms with Gasteiger partial charge in [0, 0.05) is 10.9 Å². The first-order chi connectivity index (χ1) is 14.8. The number of aryl methyl sites for hydroxylation is 4. The van der Waals surface area contributed by atoms with Crippen LogP contribution in [-0.2, 0) is 4.79 Å². The van der Waals surface area contributed by atoms with Gasteiger partial charge in [0.1, 0.15) is 10.6 Å². The first kappa shape index (κ1) is 21.3. The normalized spacial score (nSPS) is 11.3. The maximum atomic E-state index is 13.6. The predicted octanol–water partition coefficient (Wildman–Crippen LogP) is 4.71. The van der Waals surface area contributed by atoms with Crippen molar-refractivity contribution in [2.45, 2.75) is 39.8 Å². The number of thiophene rings is 1. The molecule has 4 aromatic rings. The standard InChI is InChI=1S/C22H22N4O3S2/c1-11-7-6-8-16(13(11)3)26-21(28)19-14(4)15(5)31-20(19)24-22(26)30-10-18(27)23-17-9-12(2)29-25-17/h6-9H,10H2,1-5H3,(H,23,25,27). The summed E-state index contributed by atoms with van der Waals surface area (Å²) in [6, 6.07) is 7.49. The molecule has 160 valence electrons. The molecule has 7 nitrogen and oxygen atoms in total. The SMILES string of the molecule is Cc1cc(NC(=O)CSc2nc3sc(C)c(C)c3c(=O)n2-c2cccc(C)c2C)no1. The van der Waals surface area contributed by atoms with E-state index in [9.17, 15) is 9.59 Å². The van der Waals surface area contributed by atoms with E-state index in [-0.39, 0.29) is 17.2 Å². The molecule has 1 aromatic carbocycles. The van der Waals surface area contributed by atoms with Gasteiger partial charge in [-0.15, -0.1) is 11.3 Å². The molecule has 9 heteroatoms. The molecule has 0 atom stereocenters. The molecule has 0 fully saturated rings. The topological polar surface area (TPSA) is 90.0 Å². The van der Waals surface area contributed by atoms with Crippen LogP contribution in [0.3, 0.4) is 0 Å². The van der Waals surface area contributed by atoms with Crippen LogP contribution in [0.2, 0.25) is 0 Å². The lowest BCUT2D eigenvalue weighted by molar-refractivity contribution is -0.113. The van der Waals surface area contributed by atoms with Gasteiger partial charge in [-0.3, -0.25) is 14.2 Å². The van der Waals surface area contributed by atoms with E-state index in [1.54, 1.807) is 17.6 Å². The molecular weight excluding hydrogens is 432 g/mol. The van der Waals surface area contributed by atoms with E-state index >= 15 is 0 Å². The molecule has 0 radical (unpaired) electrons. The van der Waals surface area contributed by atoms with Gasteiger partial charge in [-0.2, -0.15) is 0 Å². The fourth-order valence-corrected chi connectivity index (χ4v) is 5.17. The van der Waals surface area contributed by atoms with E-state index in [1.165, 1.54) is 23.1 Å². The number of aromatic nitrogens is 3.